The molecule has 4 aromatic carbocycles. The van der Waals surface area contributed by atoms with Crippen molar-refractivity contribution < 1.29 is 9.90 Å². The summed E-state index contributed by atoms with van der Waals surface area (Å²) in [6.45, 7) is 16.6. The van der Waals surface area contributed by atoms with Crippen LogP contribution in [-0.2, 0) is 16.2 Å². The molecule has 0 fully saturated rings. The molecule has 0 aromatic heterocycles. The summed E-state index contributed by atoms with van der Waals surface area (Å²) in [6.07, 6.45) is 0. The van der Waals surface area contributed by atoms with E-state index >= 15 is 0 Å². The van der Waals surface area contributed by atoms with Gasteiger partial charge in [-0.1, -0.05) is 29.8 Å². The van der Waals surface area contributed by atoms with Crippen molar-refractivity contribution in [1.82, 2.24) is 0 Å². The molecular formula is C38H46O2Sn. The summed E-state index contributed by atoms with van der Waals surface area (Å²) >= 11 is -1.84. The third kappa shape index (κ3) is 9.88. The van der Waals surface area contributed by atoms with E-state index < -0.39 is 25.7 Å². The van der Waals surface area contributed by atoms with Crippen LogP contribution in [0.25, 0.3) is 0 Å². The summed E-state index contributed by atoms with van der Waals surface area (Å²) in [6, 6.07) is 40.2. The molecule has 0 aliphatic heterocycles. The minimum Gasteiger partial charge on any atom is -0.545 e. The van der Waals surface area contributed by atoms with E-state index in [9.17, 15) is 9.90 Å². The first-order chi connectivity index (χ1) is 19.3. The first-order valence-corrected chi connectivity index (χ1v) is 20.6. The molecule has 0 N–H and O–H groups in total. The third-order valence-corrected chi connectivity index (χ3v) is 19.8. The fourth-order valence-corrected chi connectivity index (χ4v) is 19.3. The Labute approximate surface area is 255 Å². The number of carboxylic acids is 1. The van der Waals surface area contributed by atoms with Gasteiger partial charge in [-0.15, -0.1) is 0 Å². The monoisotopic (exact) mass is 654 g/mol. The van der Waals surface area contributed by atoms with Crippen molar-refractivity contribution in [1.29, 1.82) is 0 Å². The Morgan fingerprint density at radius 2 is 0.902 bits per heavy atom. The molecule has 4 aromatic rings. The van der Waals surface area contributed by atoms with Gasteiger partial charge in [-0.3, -0.25) is 0 Å². The van der Waals surface area contributed by atoms with Gasteiger partial charge in [0.2, 0.25) is 0 Å². The quantitative estimate of drug-likeness (QED) is 0.161. The average Bonchev–Trinajstić information content (AvgIpc) is 2.94. The summed E-state index contributed by atoms with van der Waals surface area (Å²) in [4.78, 5) is 10.2. The van der Waals surface area contributed by atoms with Gasteiger partial charge in [0.15, 0.2) is 0 Å². The van der Waals surface area contributed by atoms with E-state index in [0.29, 0.717) is 0 Å². The molecule has 214 valence electrons. The molecule has 0 aliphatic rings. The summed E-state index contributed by atoms with van der Waals surface area (Å²) < 4.78 is 4.14. The van der Waals surface area contributed by atoms with Crippen molar-refractivity contribution in [3.63, 3.8) is 0 Å². The van der Waals surface area contributed by atoms with Gasteiger partial charge < -0.3 is 9.90 Å². The molecule has 2 nitrogen and oxygen atoms in total. The van der Waals surface area contributed by atoms with Gasteiger partial charge in [-0.05, 0) is 12.5 Å². The van der Waals surface area contributed by atoms with Gasteiger partial charge in [0.25, 0.3) is 0 Å². The van der Waals surface area contributed by atoms with Gasteiger partial charge in [0.1, 0.15) is 0 Å². The van der Waals surface area contributed by atoms with E-state index in [1.54, 1.807) is 12.1 Å². The molecule has 0 heterocycles. The standard InChI is InChI=1S/3C10H13.C8H8O2.Sn/c3*1-10(2,3)9-7-5-4-6-8-9;1-6-3-2-4-7(5-6)8(9)10;/h3*4-8H,1H2,2-3H3;2-5H,1H3,(H,9,10);/q;;;;+1/p-1. The Kier molecular flexibility index (Phi) is 11.4. The maximum Gasteiger partial charge on any atom is 0.0715 e. The maximum absolute atomic E-state index is 10.2. The normalized spacial score (nSPS) is 11.8. The molecule has 0 radical (unpaired) electrons. The summed E-state index contributed by atoms with van der Waals surface area (Å²) in [7, 11) is 0. The summed E-state index contributed by atoms with van der Waals surface area (Å²) in [5, 5.41) is 10.2. The van der Waals surface area contributed by atoms with Crippen LogP contribution in [0, 0.1) is 6.92 Å². The first kappa shape index (κ1) is 32.7. The van der Waals surface area contributed by atoms with Crippen LogP contribution in [0.4, 0.5) is 0 Å². The SMILES string of the molecule is CC(C)([CH2][Sn+]([CH2]C(C)(C)c1ccccc1)[CH2]C(C)(C)c1ccccc1)c1ccccc1.Cc1cccc(C(=O)[O-])c1. The summed E-state index contributed by atoms with van der Waals surface area (Å²) in [5.41, 5.74) is 6.33. The Morgan fingerprint density at radius 1 is 0.561 bits per heavy atom. The first-order valence-electron chi connectivity index (χ1n) is 14.6. The molecule has 0 unspecified atom stereocenters. The Hall–Kier alpha value is -2.85. The van der Waals surface area contributed by atoms with E-state index in [0.717, 1.165) is 5.56 Å². The number of carbonyl (C=O) groups is 1. The van der Waals surface area contributed by atoms with Crippen LogP contribution in [0.5, 0.6) is 0 Å². The molecule has 0 aliphatic carbocycles. The molecule has 4 rings (SSSR count). The number of hydrogen-bond acceptors (Lipinski definition) is 2. The number of benzene rings is 4. The van der Waals surface area contributed by atoms with Crippen LogP contribution in [0.15, 0.2) is 115 Å². The van der Waals surface area contributed by atoms with Gasteiger partial charge in [-0.2, -0.15) is 0 Å². The number of hydrogen-bond donors (Lipinski definition) is 0. The van der Waals surface area contributed by atoms with Crippen molar-refractivity contribution in [3.8, 4) is 0 Å². The molecule has 0 bridgehead atoms. The van der Waals surface area contributed by atoms with Gasteiger partial charge in [0, 0.05) is 0 Å². The fraction of sp³-hybridized carbons (Fsp3) is 0.342. The topological polar surface area (TPSA) is 40.1 Å². The average molecular weight is 653 g/mol. The number of rotatable bonds is 10. The van der Waals surface area contributed by atoms with Gasteiger partial charge >= 0.3 is 199 Å². The van der Waals surface area contributed by atoms with Crippen molar-refractivity contribution >= 4 is 25.7 Å². The largest absolute Gasteiger partial charge is 0.545 e. The van der Waals surface area contributed by atoms with E-state index in [1.165, 1.54) is 36.1 Å². The summed E-state index contributed by atoms with van der Waals surface area (Å²) in [5.74, 6) is -1.12. The molecule has 0 atom stereocenters. The van der Waals surface area contributed by atoms with E-state index in [2.05, 4.69) is 133 Å². The van der Waals surface area contributed by atoms with Crippen LogP contribution in [0.3, 0.4) is 0 Å². The molecule has 3 heteroatoms. The van der Waals surface area contributed by atoms with Crippen LogP contribution in [0.2, 0.25) is 13.3 Å². The number of aryl methyl sites for hydroxylation is 1. The zero-order valence-corrected chi connectivity index (χ0v) is 28.8. The predicted octanol–water partition coefficient (Wildman–Crippen LogP) is 8.77. The van der Waals surface area contributed by atoms with Crippen molar-refractivity contribution in [3.05, 3.63) is 143 Å². The second kappa shape index (κ2) is 14.4. The Morgan fingerprint density at radius 3 is 1.17 bits per heavy atom. The fourth-order valence-electron chi connectivity index (χ4n) is 5.81. The van der Waals surface area contributed by atoms with Gasteiger partial charge in [-0.25, -0.2) is 0 Å². The second-order valence-corrected chi connectivity index (χ2v) is 20.5. The molecule has 0 amide bonds. The third-order valence-electron chi connectivity index (χ3n) is 8.00. The van der Waals surface area contributed by atoms with Crippen molar-refractivity contribution in [2.75, 3.05) is 0 Å². The van der Waals surface area contributed by atoms with Gasteiger partial charge in [0.05, 0.1) is 5.97 Å². The van der Waals surface area contributed by atoms with Crippen molar-refractivity contribution in [2.24, 2.45) is 0 Å². The van der Waals surface area contributed by atoms with Crippen LogP contribution >= 0.6 is 0 Å². The van der Waals surface area contributed by atoms with Crippen LogP contribution in [0.1, 0.15) is 74.2 Å². The van der Waals surface area contributed by atoms with Crippen LogP contribution < -0.4 is 5.11 Å². The minimum absolute atomic E-state index is 0.232. The van der Waals surface area contributed by atoms with Crippen molar-refractivity contribution in [2.45, 2.75) is 78.0 Å². The number of carbonyl (C=O) groups excluding carboxylic acids is 1. The zero-order chi connectivity index (χ0) is 30.1. The van der Waals surface area contributed by atoms with E-state index in [4.69, 9.17) is 0 Å². The Balaban J connectivity index is 0.000000389. The Bertz CT molecular complexity index is 1230. The maximum atomic E-state index is 10.2. The number of aromatic carboxylic acids is 1. The van der Waals surface area contributed by atoms with E-state index in [-0.39, 0.29) is 21.8 Å². The smallest absolute Gasteiger partial charge is 0.0715 e. The molecule has 41 heavy (non-hydrogen) atoms. The molecule has 0 saturated heterocycles. The van der Waals surface area contributed by atoms with E-state index in [1.807, 2.05) is 13.0 Å². The second-order valence-electron chi connectivity index (χ2n) is 13.2. The minimum atomic E-state index is -1.84. The molecular weight excluding hydrogens is 607 g/mol. The van der Waals surface area contributed by atoms with Crippen LogP contribution in [-0.4, -0.2) is 25.7 Å². The predicted molar refractivity (Wildman–Crippen MR) is 174 cm³/mol. The molecule has 0 spiro atoms. The number of carboxylic acid groups (broad SMARTS) is 1. The molecule has 0 saturated carbocycles. The zero-order valence-electron chi connectivity index (χ0n) is 25.9.